The Morgan fingerprint density at radius 1 is 1.03 bits per heavy atom. The summed E-state index contributed by atoms with van der Waals surface area (Å²) in [4.78, 5) is 0. The number of anilines is 2. The summed E-state index contributed by atoms with van der Waals surface area (Å²) in [5.74, 6) is -0.515. The van der Waals surface area contributed by atoms with Gasteiger partial charge in [-0.15, -0.1) is 10.2 Å². The van der Waals surface area contributed by atoms with Crippen LogP contribution in [-0.4, -0.2) is 29.3 Å². The molecule has 1 fully saturated rings. The monoisotopic (exact) mass is 655 g/mol. The van der Waals surface area contributed by atoms with Gasteiger partial charge in [0.2, 0.25) is 0 Å². The van der Waals surface area contributed by atoms with Crippen LogP contribution < -0.4 is 15.4 Å². The van der Waals surface area contributed by atoms with Crippen LogP contribution in [0.5, 0.6) is 0 Å². The third-order valence-electron chi connectivity index (χ3n) is 4.55. The zero-order chi connectivity index (χ0) is 22.8. The number of piperidine rings is 1. The van der Waals surface area contributed by atoms with E-state index in [4.69, 9.17) is 0 Å². The summed E-state index contributed by atoms with van der Waals surface area (Å²) in [6.07, 6.45) is -8.24. The number of benzene rings is 1. The minimum atomic E-state index is -4.84. The van der Waals surface area contributed by atoms with Crippen molar-refractivity contribution in [1.29, 1.82) is 0 Å². The van der Waals surface area contributed by atoms with E-state index in [-0.39, 0.29) is 32.0 Å². The van der Waals surface area contributed by atoms with E-state index in [1.165, 1.54) is 0 Å². The average molecular weight is 655 g/mol. The zero-order valence-corrected chi connectivity index (χ0v) is 19.5. The molecule has 1 radical (unpaired) electrons. The molecule has 2 aromatic rings. The van der Waals surface area contributed by atoms with E-state index in [2.05, 4.69) is 20.8 Å². The van der Waals surface area contributed by atoms with Crippen LogP contribution in [-0.2, 0) is 52.1 Å². The van der Waals surface area contributed by atoms with Gasteiger partial charge in [0.15, 0.2) is 5.82 Å². The Hall–Kier alpha value is -1.95. The number of alkyl halides is 6. The summed E-state index contributed by atoms with van der Waals surface area (Å²) in [6, 6.07) is 2.23. The summed E-state index contributed by atoms with van der Waals surface area (Å²) in [6.45, 7) is 1.18. The first-order valence-electron chi connectivity index (χ1n) is 8.95. The van der Waals surface area contributed by atoms with E-state index in [1.807, 2.05) is 0 Å². The van der Waals surface area contributed by atoms with E-state index in [0.29, 0.717) is 31.2 Å². The fourth-order valence-electron chi connectivity index (χ4n) is 3.13. The molecule has 0 spiro atoms. The van der Waals surface area contributed by atoms with Gasteiger partial charge in [0, 0.05) is 55.2 Å². The summed E-state index contributed by atoms with van der Waals surface area (Å²) >= 11 is 0. The van der Waals surface area contributed by atoms with E-state index < -0.39 is 51.6 Å². The van der Waals surface area contributed by atoms with Gasteiger partial charge in [0.25, 0.3) is 0 Å². The number of aromatic nitrogens is 2. The first-order valence-corrected chi connectivity index (χ1v) is 10.0. The molecule has 1 atom stereocenters. The van der Waals surface area contributed by atoms with Crippen molar-refractivity contribution in [1.82, 2.24) is 15.5 Å². The van der Waals surface area contributed by atoms with Gasteiger partial charge in [-0.05, 0) is 37.6 Å². The Labute approximate surface area is 194 Å². The van der Waals surface area contributed by atoms with Gasteiger partial charge in [-0.25, -0.2) is 0 Å². The first kappa shape index (κ1) is 26.3. The van der Waals surface area contributed by atoms with Crippen LogP contribution in [0.3, 0.4) is 0 Å². The zero-order valence-electron chi connectivity index (χ0n) is 16.0. The molecule has 1 saturated heterocycles. The molecule has 7 nitrogen and oxygen atoms in total. The van der Waals surface area contributed by atoms with E-state index in [0.717, 1.165) is 19.0 Å². The summed E-state index contributed by atoms with van der Waals surface area (Å²) in [5, 5.41) is 13.0. The minimum Gasteiger partial charge on any atom is -0.419 e. The summed E-state index contributed by atoms with van der Waals surface area (Å²) in [5.41, 5.74) is -3.67. The number of nitrogens with zero attached hydrogens (tertiary/aromatic N) is 2. The van der Waals surface area contributed by atoms with Crippen molar-refractivity contribution in [3.05, 3.63) is 35.4 Å². The maximum Gasteiger partial charge on any atom is 0.420 e. The van der Waals surface area contributed by atoms with Gasteiger partial charge in [0.05, 0.1) is 11.3 Å². The van der Waals surface area contributed by atoms with Crippen molar-refractivity contribution >= 4 is 22.4 Å². The Morgan fingerprint density at radius 2 is 1.75 bits per heavy atom. The van der Waals surface area contributed by atoms with Crippen molar-refractivity contribution in [3.63, 3.8) is 0 Å². The number of rotatable bonds is 5. The quantitative estimate of drug-likeness (QED) is 0.334. The number of nitrogens with one attached hydrogen (secondary N) is 3. The van der Waals surface area contributed by atoms with E-state index in [9.17, 15) is 34.8 Å². The van der Waals surface area contributed by atoms with Gasteiger partial charge in [0.1, 0.15) is 5.56 Å². The predicted molar refractivity (Wildman–Crippen MR) is 99.3 cm³/mol. The molecule has 0 amide bonds. The molecule has 2 heterocycles. The maximum absolute atomic E-state index is 13.6. The Morgan fingerprint density at radius 3 is 2.31 bits per heavy atom. The predicted octanol–water partition coefficient (Wildman–Crippen LogP) is 3.98. The van der Waals surface area contributed by atoms with Crippen molar-refractivity contribution < 1.29 is 55.2 Å². The van der Waals surface area contributed by atoms with Crippen LogP contribution in [0, 0.1) is 0 Å². The average Bonchev–Trinajstić information content (AvgIpc) is 2.67. The third kappa shape index (κ3) is 6.53. The Kier molecular flexibility index (Phi) is 8.49. The van der Waals surface area contributed by atoms with Gasteiger partial charge < -0.3 is 23.8 Å². The topological polar surface area (TPSA) is 96.0 Å². The number of hydrogen-bond donors (Lipinski definition) is 3. The molecule has 1 aromatic heterocycles. The first-order chi connectivity index (χ1) is 14.4. The molecular weight excluding hydrogens is 638 g/mol. The third-order valence-corrected chi connectivity index (χ3v) is 4.94. The number of halogens is 6. The fourth-order valence-corrected chi connectivity index (χ4v) is 3.48. The molecule has 3 N–H and O–H groups in total. The molecular formula is C17H16F6N5O2ReS-. The van der Waals surface area contributed by atoms with Gasteiger partial charge in [-0.1, -0.05) is 6.07 Å². The van der Waals surface area contributed by atoms with Crippen LogP contribution in [0.2, 0.25) is 0 Å². The molecule has 15 heteroatoms. The SMILES string of the molecule is O=[S-](=O)Nc1cc(C(F)(F)F)ccc1-c1cc(C(F)(F)F)c(N[C@@H]2CCCNC2)nn1.[Re]. The van der Waals surface area contributed by atoms with Crippen molar-refractivity contribution in [2.24, 2.45) is 0 Å². The second kappa shape index (κ2) is 10.3. The van der Waals surface area contributed by atoms with Crippen molar-refractivity contribution in [2.45, 2.75) is 31.2 Å². The van der Waals surface area contributed by atoms with Crippen LogP contribution in [0.1, 0.15) is 24.0 Å². The van der Waals surface area contributed by atoms with Gasteiger partial charge in [-0.3, -0.25) is 0 Å². The summed E-state index contributed by atoms with van der Waals surface area (Å²) < 4.78 is 104. The molecule has 0 aliphatic carbocycles. The van der Waals surface area contributed by atoms with Crippen LogP contribution in [0.15, 0.2) is 24.3 Å². The molecule has 177 valence electrons. The molecule has 0 bridgehead atoms. The van der Waals surface area contributed by atoms with Gasteiger partial charge in [-0.2, -0.15) is 26.3 Å². The van der Waals surface area contributed by atoms with Crippen LogP contribution >= 0.6 is 0 Å². The molecule has 1 aliphatic rings. The van der Waals surface area contributed by atoms with E-state index in [1.54, 1.807) is 4.72 Å². The normalized spacial score (nSPS) is 17.0. The van der Waals surface area contributed by atoms with Crippen molar-refractivity contribution in [2.75, 3.05) is 23.1 Å². The Balaban J connectivity index is 0.00000363. The molecule has 0 saturated carbocycles. The largest absolute Gasteiger partial charge is 0.420 e. The molecule has 0 unspecified atom stereocenters. The van der Waals surface area contributed by atoms with Crippen LogP contribution in [0.4, 0.5) is 37.8 Å². The van der Waals surface area contributed by atoms with Crippen LogP contribution in [0.25, 0.3) is 11.3 Å². The summed E-state index contributed by atoms with van der Waals surface area (Å²) in [7, 11) is -3.02. The smallest absolute Gasteiger partial charge is 0.419 e. The molecule has 3 rings (SSSR count). The minimum absolute atomic E-state index is 0. The molecule has 1 aliphatic heterocycles. The maximum atomic E-state index is 13.6. The van der Waals surface area contributed by atoms with Gasteiger partial charge >= 0.3 is 12.4 Å². The standard InChI is InChI=1S/C17H16F6N5O2S.Re/c18-16(19,20)9-3-4-11(14(6-9)28-31(29)30)13-7-12(17(21,22)23)15(27-26-13)25-10-2-1-5-24-8-10;/h3-4,6-7,10,24H,1-2,5,8H2,(H,25,27)(H,28,29,30);/q-1;/t10-;/m1./s1. The number of hydrogen-bond acceptors (Lipinski definition) is 7. The Bertz CT molecular complexity index is 1020. The fraction of sp³-hybridized carbons (Fsp3) is 0.412. The van der Waals surface area contributed by atoms with E-state index >= 15 is 0 Å². The second-order valence-corrected chi connectivity index (χ2v) is 7.45. The molecule has 32 heavy (non-hydrogen) atoms. The molecule has 1 aromatic carbocycles. The van der Waals surface area contributed by atoms with Crippen molar-refractivity contribution in [3.8, 4) is 11.3 Å². The second-order valence-electron chi connectivity index (χ2n) is 6.77.